The highest BCUT2D eigenvalue weighted by Crippen LogP contribution is 2.10. The molecule has 0 amide bonds. The smallest absolute Gasteiger partial charge is 0.118 e. The van der Waals surface area contributed by atoms with Crippen LogP contribution in [0.1, 0.15) is 5.56 Å². The van der Waals surface area contributed by atoms with Crippen molar-refractivity contribution >= 4 is 6.21 Å². The maximum absolute atomic E-state index is 5.05. The second kappa shape index (κ2) is 5.19. The molecule has 0 saturated carbocycles. The number of hydrazone groups is 1. The van der Waals surface area contributed by atoms with E-state index in [0.717, 1.165) is 12.2 Å². The van der Waals surface area contributed by atoms with E-state index in [4.69, 9.17) is 4.74 Å². The Bertz CT molecular complexity index is 267. The monoisotopic (exact) mass is 178 g/mol. The largest absolute Gasteiger partial charge is 0.497 e. The fourth-order valence-corrected chi connectivity index (χ4v) is 1.00. The van der Waals surface area contributed by atoms with E-state index in [0.29, 0.717) is 0 Å². The van der Waals surface area contributed by atoms with Crippen LogP contribution in [0.25, 0.3) is 0 Å². The van der Waals surface area contributed by atoms with Gasteiger partial charge >= 0.3 is 0 Å². The molecule has 0 atom stereocenters. The van der Waals surface area contributed by atoms with Gasteiger partial charge in [0.15, 0.2) is 0 Å². The van der Waals surface area contributed by atoms with Crippen molar-refractivity contribution in [2.24, 2.45) is 5.10 Å². The van der Waals surface area contributed by atoms with Crippen molar-refractivity contribution in [1.29, 1.82) is 0 Å². The number of rotatable bonds is 4. The van der Waals surface area contributed by atoms with Gasteiger partial charge in [-0.1, -0.05) is 12.1 Å². The number of benzene rings is 1. The minimum Gasteiger partial charge on any atom is -0.497 e. The van der Waals surface area contributed by atoms with Crippen LogP contribution in [-0.4, -0.2) is 20.4 Å². The zero-order valence-electron chi connectivity index (χ0n) is 7.95. The third-order valence-electron chi connectivity index (χ3n) is 1.71. The molecule has 1 N–H and O–H groups in total. The van der Waals surface area contributed by atoms with Gasteiger partial charge in [-0.3, -0.25) is 0 Å². The van der Waals surface area contributed by atoms with Crippen LogP contribution in [0.2, 0.25) is 0 Å². The number of nitrogens with one attached hydrogen (secondary N) is 1. The van der Waals surface area contributed by atoms with Gasteiger partial charge in [0.2, 0.25) is 0 Å². The summed E-state index contributed by atoms with van der Waals surface area (Å²) in [5.74, 6) is 0.884. The molecule has 0 saturated heterocycles. The molecular weight excluding hydrogens is 164 g/mol. The molecule has 0 unspecified atom stereocenters. The van der Waals surface area contributed by atoms with Gasteiger partial charge < -0.3 is 10.2 Å². The van der Waals surface area contributed by atoms with E-state index < -0.39 is 0 Å². The molecule has 0 bridgehead atoms. The van der Waals surface area contributed by atoms with E-state index in [-0.39, 0.29) is 0 Å². The Morgan fingerprint density at radius 3 is 2.62 bits per heavy atom. The first kappa shape index (κ1) is 9.58. The lowest BCUT2D eigenvalue weighted by Gasteiger charge is -1.99. The Morgan fingerprint density at radius 1 is 1.38 bits per heavy atom. The summed E-state index contributed by atoms with van der Waals surface area (Å²) in [5, 5.41) is 3.90. The highest BCUT2D eigenvalue weighted by atomic mass is 16.5. The van der Waals surface area contributed by atoms with Crippen LogP contribution in [0.4, 0.5) is 0 Å². The van der Waals surface area contributed by atoms with Crippen LogP contribution in [0.5, 0.6) is 5.75 Å². The first-order chi connectivity index (χ1) is 6.36. The van der Waals surface area contributed by atoms with Crippen molar-refractivity contribution < 1.29 is 4.74 Å². The number of ether oxygens (including phenoxy) is 1. The van der Waals surface area contributed by atoms with Gasteiger partial charge in [0.05, 0.1) is 7.11 Å². The predicted octanol–water partition coefficient (Wildman–Crippen LogP) is 1.44. The van der Waals surface area contributed by atoms with Crippen molar-refractivity contribution in [3.8, 4) is 5.75 Å². The van der Waals surface area contributed by atoms with Crippen LogP contribution in [0.3, 0.4) is 0 Å². The summed E-state index contributed by atoms with van der Waals surface area (Å²) < 4.78 is 5.05. The second-order valence-corrected chi connectivity index (χ2v) is 2.59. The van der Waals surface area contributed by atoms with Gasteiger partial charge in [0.25, 0.3) is 0 Å². The molecule has 3 nitrogen and oxygen atoms in total. The summed E-state index contributed by atoms with van der Waals surface area (Å²) in [4.78, 5) is 0. The van der Waals surface area contributed by atoms with E-state index in [1.807, 2.05) is 30.5 Å². The van der Waals surface area contributed by atoms with Crippen LogP contribution >= 0.6 is 0 Å². The fourth-order valence-electron chi connectivity index (χ4n) is 1.00. The van der Waals surface area contributed by atoms with Gasteiger partial charge in [0, 0.05) is 19.7 Å². The van der Waals surface area contributed by atoms with Crippen LogP contribution in [0.15, 0.2) is 29.4 Å². The Labute approximate surface area is 78.4 Å². The molecule has 0 fully saturated rings. The third-order valence-corrected chi connectivity index (χ3v) is 1.71. The molecule has 0 aliphatic heterocycles. The Balaban J connectivity index is 2.54. The molecule has 0 radical (unpaired) electrons. The molecule has 0 aliphatic rings. The lowest BCUT2D eigenvalue weighted by atomic mass is 10.2. The predicted molar refractivity (Wildman–Crippen MR) is 54.2 cm³/mol. The summed E-state index contributed by atoms with van der Waals surface area (Å²) in [5.41, 5.74) is 3.93. The summed E-state index contributed by atoms with van der Waals surface area (Å²) in [7, 11) is 3.45. The van der Waals surface area contributed by atoms with E-state index >= 15 is 0 Å². The Kier molecular flexibility index (Phi) is 3.82. The van der Waals surface area contributed by atoms with Crippen molar-refractivity contribution in [2.45, 2.75) is 6.42 Å². The summed E-state index contributed by atoms with van der Waals surface area (Å²) in [6.45, 7) is 0. The fraction of sp³-hybridized carbons (Fsp3) is 0.300. The van der Waals surface area contributed by atoms with Crippen LogP contribution in [-0.2, 0) is 6.42 Å². The maximum Gasteiger partial charge on any atom is 0.118 e. The van der Waals surface area contributed by atoms with Crippen LogP contribution in [0, 0.1) is 0 Å². The normalized spacial score (nSPS) is 10.3. The van der Waals surface area contributed by atoms with Crippen molar-refractivity contribution in [1.82, 2.24) is 5.43 Å². The first-order valence-corrected chi connectivity index (χ1v) is 4.18. The molecule has 0 aromatic heterocycles. The van der Waals surface area contributed by atoms with E-state index in [2.05, 4.69) is 10.5 Å². The minimum absolute atomic E-state index is 0.838. The highest BCUT2D eigenvalue weighted by molar-refractivity contribution is 5.61. The highest BCUT2D eigenvalue weighted by Gasteiger charge is 1.91. The van der Waals surface area contributed by atoms with Crippen molar-refractivity contribution in [2.75, 3.05) is 14.2 Å². The maximum atomic E-state index is 5.05. The molecule has 1 aromatic carbocycles. The SMILES string of the molecule is CN/N=C/Cc1ccc(OC)cc1. The Morgan fingerprint density at radius 2 is 2.08 bits per heavy atom. The van der Waals surface area contributed by atoms with Crippen molar-refractivity contribution in [3.05, 3.63) is 29.8 Å². The molecule has 1 rings (SSSR count). The average molecular weight is 178 g/mol. The first-order valence-electron chi connectivity index (χ1n) is 4.18. The molecule has 1 aromatic rings. The summed E-state index contributed by atoms with van der Waals surface area (Å²) in [6, 6.07) is 7.95. The van der Waals surface area contributed by atoms with E-state index in [1.165, 1.54) is 5.56 Å². The zero-order valence-corrected chi connectivity index (χ0v) is 7.95. The van der Waals surface area contributed by atoms with Crippen LogP contribution < -0.4 is 10.2 Å². The molecule has 0 heterocycles. The third kappa shape index (κ3) is 3.15. The number of methoxy groups -OCH3 is 1. The minimum atomic E-state index is 0.838. The Hall–Kier alpha value is -1.51. The van der Waals surface area contributed by atoms with Gasteiger partial charge in [-0.25, -0.2) is 0 Å². The topological polar surface area (TPSA) is 33.6 Å². The van der Waals surface area contributed by atoms with Gasteiger partial charge in [0.1, 0.15) is 5.75 Å². The molecule has 0 spiro atoms. The lowest BCUT2D eigenvalue weighted by Crippen LogP contribution is -1.95. The molecule has 0 aliphatic carbocycles. The quantitative estimate of drug-likeness (QED) is 0.559. The second-order valence-electron chi connectivity index (χ2n) is 2.59. The van der Waals surface area contributed by atoms with E-state index in [1.54, 1.807) is 14.2 Å². The molecule has 3 heteroatoms. The number of nitrogens with zero attached hydrogens (tertiary/aromatic N) is 1. The summed E-state index contributed by atoms with van der Waals surface area (Å²) in [6.07, 6.45) is 2.67. The molecular formula is C10H14N2O. The summed E-state index contributed by atoms with van der Waals surface area (Å²) >= 11 is 0. The van der Waals surface area contributed by atoms with Gasteiger partial charge in [-0.15, -0.1) is 0 Å². The zero-order chi connectivity index (χ0) is 9.52. The molecule has 13 heavy (non-hydrogen) atoms. The van der Waals surface area contributed by atoms with Gasteiger partial charge in [-0.05, 0) is 17.7 Å². The molecule has 70 valence electrons. The van der Waals surface area contributed by atoms with Gasteiger partial charge in [-0.2, -0.15) is 5.10 Å². The standard InChI is InChI=1S/C10H14N2O/c1-11-12-8-7-9-3-5-10(13-2)6-4-9/h3-6,8,11H,7H2,1-2H3/b12-8+. The number of hydrogen-bond donors (Lipinski definition) is 1. The van der Waals surface area contributed by atoms with Crippen molar-refractivity contribution in [3.63, 3.8) is 0 Å². The average Bonchev–Trinajstić information content (AvgIpc) is 2.19. The number of hydrogen-bond acceptors (Lipinski definition) is 3. The van der Waals surface area contributed by atoms with E-state index in [9.17, 15) is 0 Å². The lowest BCUT2D eigenvalue weighted by molar-refractivity contribution is 0.414.